The van der Waals surface area contributed by atoms with Crippen LogP contribution in [0.5, 0.6) is 34.5 Å². The zero-order valence-corrected chi connectivity index (χ0v) is 18.6. The van der Waals surface area contributed by atoms with Crippen LogP contribution in [-0.2, 0) is 0 Å². The molecule has 0 amide bonds. The van der Waals surface area contributed by atoms with Gasteiger partial charge in [-0.1, -0.05) is 54.6 Å². The van der Waals surface area contributed by atoms with Crippen molar-refractivity contribution < 1.29 is 14.2 Å². The van der Waals surface area contributed by atoms with Crippen LogP contribution in [0.2, 0.25) is 0 Å². The Kier molecular flexibility index (Phi) is 3.72. The molecule has 0 aromatic heterocycles. The van der Waals surface area contributed by atoms with E-state index in [2.05, 4.69) is 47.4 Å². The molecule has 0 fully saturated rings. The number of nitrogens with zero attached hydrogens (tertiary/aromatic N) is 1. The van der Waals surface area contributed by atoms with Crippen molar-refractivity contribution in [1.29, 1.82) is 0 Å². The number of benzene rings is 5. The van der Waals surface area contributed by atoms with E-state index in [9.17, 15) is 0 Å². The van der Waals surface area contributed by atoms with Gasteiger partial charge < -0.3 is 19.1 Å². The Balaban J connectivity index is 1.33. The SMILES string of the molecule is c1ccc2c(c1)Oc1cccc3c1B2c1ccc(N2c4ccccc4Oc4ccccc42)cc1O3. The topological polar surface area (TPSA) is 30.9 Å². The smallest absolute Gasteiger partial charge is 0.260 e. The third-order valence-electron chi connectivity index (χ3n) is 6.98. The summed E-state index contributed by atoms with van der Waals surface area (Å²) < 4.78 is 18.9. The second-order valence-electron chi connectivity index (χ2n) is 8.94. The summed E-state index contributed by atoms with van der Waals surface area (Å²) >= 11 is 0. The van der Waals surface area contributed by atoms with Gasteiger partial charge in [0.25, 0.3) is 6.71 Å². The second-order valence-corrected chi connectivity index (χ2v) is 8.94. The van der Waals surface area contributed by atoms with Crippen molar-refractivity contribution in [1.82, 2.24) is 0 Å². The van der Waals surface area contributed by atoms with Gasteiger partial charge in [0.2, 0.25) is 0 Å². The minimum absolute atomic E-state index is 0.0632. The Morgan fingerprint density at radius 1 is 0.457 bits per heavy atom. The van der Waals surface area contributed by atoms with Crippen molar-refractivity contribution in [2.24, 2.45) is 0 Å². The molecule has 3 aliphatic heterocycles. The predicted molar refractivity (Wildman–Crippen MR) is 139 cm³/mol. The van der Waals surface area contributed by atoms with Gasteiger partial charge in [0.05, 0.1) is 17.1 Å². The lowest BCUT2D eigenvalue weighted by molar-refractivity contribution is 0.464. The molecule has 0 aliphatic carbocycles. The standard InChI is InChI=1S/C30H18BNO3/c1-4-11-24-20(8-1)31-21-17-16-19(18-29(21)35-28-15-7-14-27(33-24)30(28)31)32-22-9-2-5-12-25(22)34-26-13-6-3-10-23(26)32/h1-18H. The van der Waals surface area contributed by atoms with Crippen LogP contribution in [0.1, 0.15) is 0 Å². The highest BCUT2D eigenvalue weighted by molar-refractivity contribution is 6.98. The van der Waals surface area contributed by atoms with Crippen molar-refractivity contribution in [2.75, 3.05) is 4.90 Å². The first-order chi connectivity index (χ1) is 17.3. The van der Waals surface area contributed by atoms with E-state index < -0.39 is 0 Å². The van der Waals surface area contributed by atoms with Crippen molar-refractivity contribution in [2.45, 2.75) is 0 Å². The fourth-order valence-corrected chi connectivity index (χ4v) is 5.49. The Hall–Kier alpha value is -4.64. The molecule has 0 unspecified atom stereocenters. The van der Waals surface area contributed by atoms with Crippen LogP contribution in [0.4, 0.5) is 17.1 Å². The lowest BCUT2D eigenvalue weighted by atomic mass is 9.35. The van der Waals surface area contributed by atoms with E-state index >= 15 is 0 Å². The molecule has 35 heavy (non-hydrogen) atoms. The third-order valence-corrected chi connectivity index (χ3v) is 6.98. The lowest BCUT2D eigenvalue weighted by Gasteiger charge is -2.35. The molecule has 8 rings (SSSR count). The van der Waals surface area contributed by atoms with E-state index in [1.54, 1.807) is 0 Å². The fraction of sp³-hybridized carbons (Fsp3) is 0. The first kappa shape index (κ1) is 18.8. The van der Waals surface area contributed by atoms with Crippen LogP contribution in [-0.4, -0.2) is 6.71 Å². The van der Waals surface area contributed by atoms with Crippen LogP contribution in [0.15, 0.2) is 109 Å². The van der Waals surface area contributed by atoms with E-state index in [4.69, 9.17) is 14.2 Å². The summed E-state index contributed by atoms with van der Waals surface area (Å²) in [6, 6.07) is 37.1. The molecule has 5 heteroatoms. The van der Waals surface area contributed by atoms with E-state index in [1.807, 2.05) is 66.7 Å². The van der Waals surface area contributed by atoms with Gasteiger partial charge >= 0.3 is 0 Å². The zero-order valence-electron chi connectivity index (χ0n) is 18.6. The maximum absolute atomic E-state index is 6.51. The summed E-state index contributed by atoms with van der Waals surface area (Å²) in [5.41, 5.74) is 6.41. The Labute approximate surface area is 203 Å². The monoisotopic (exact) mass is 451 g/mol. The zero-order chi connectivity index (χ0) is 22.9. The number of rotatable bonds is 1. The molecule has 5 aromatic rings. The highest BCUT2D eigenvalue weighted by Gasteiger charge is 2.40. The Morgan fingerprint density at radius 2 is 1.00 bits per heavy atom. The molecule has 164 valence electrons. The minimum atomic E-state index is 0.0632. The van der Waals surface area contributed by atoms with Crippen LogP contribution < -0.4 is 35.5 Å². The quantitative estimate of drug-likeness (QED) is 0.287. The normalized spacial score (nSPS) is 13.7. The minimum Gasteiger partial charge on any atom is -0.458 e. The van der Waals surface area contributed by atoms with Gasteiger partial charge in [-0.25, -0.2) is 0 Å². The molecule has 0 atom stereocenters. The van der Waals surface area contributed by atoms with Gasteiger partial charge in [0, 0.05) is 11.5 Å². The maximum atomic E-state index is 6.51. The van der Waals surface area contributed by atoms with Gasteiger partial charge in [-0.2, -0.15) is 0 Å². The molecule has 5 aromatic carbocycles. The van der Waals surface area contributed by atoms with Gasteiger partial charge in [0.1, 0.15) is 23.0 Å². The van der Waals surface area contributed by atoms with Crippen molar-refractivity contribution in [3.8, 4) is 34.5 Å². The maximum Gasteiger partial charge on any atom is 0.260 e. The lowest BCUT2D eigenvalue weighted by Crippen LogP contribution is -2.57. The number of para-hydroxylation sites is 5. The first-order valence-corrected chi connectivity index (χ1v) is 11.7. The van der Waals surface area contributed by atoms with Crippen molar-refractivity contribution in [3.63, 3.8) is 0 Å². The number of hydrogen-bond donors (Lipinski definition) is 0. The average Bonchev–Trinajstić information content (AvgIpc) is 2.91. The Bertz CT molecular complexity index is 1620. The second kappa shape index (κ2) is 6.94. The van der Waals surface area contributed by atoms with Gasteiger partial charge in [-0.15, -0.1) is 0 Å². The van der Waals surface area contributed by atoms with E-state index in [1.165, 1.54) is 0 Å². The van der Waals surface area contributed by atoms with E-state index in [0.717, 1.165) is 67.9 Å². The number of fused-ring (bicyclic) bond motifs is 6. The first-order valence-electron chi connectivity index (χ1n) is 11.7. The van der Waals surface area contributed by atoms with Crippen LogP contribution in [0.25, 0.3) is 0 Å². The molecular formula is C30H18BNO3. The fourth-order valence-electron chi connectivity index (χ4n) is 5.49. The Morgan fingerprint density at radius 3 is 1.74 bits per heavy atom. The largest absolute Gasteiger partial charge is 0.458 e. The van der Waals surface area contributed by atoms with E-state index in [-0.39, 0.29) is 6.71 Å². The summed E-state index contributed by atoms with van der Waals surface area (Å²) in [6.07, 6.45) is 0. The molecule has 3 aliphatic rings. The molecule has 0 saturated carbocycles. The molecule has 0 spiro atoms. The molecular weight excluding hydrogens is 433 g/mol. The average molecular weight is 451 g/mol. The molecule has 3 heterocycles. The molecule has 0 radical (unpaired) electrons. The van der Waals surface area contributed by atoms with Gasteiger partial charge in [0.15, 0.2) is 11.5 Å². The van der Waals surface area contributed by atoms with Crippen LogP contribution >= 0.6 is 0 Å². The highest BCUT2D eigenvalue weighted by Crippen LogP contribution is 2.50. The summed E-state index contributed by atoms with van der Waals surface area (Å²) in [7, 11) is 0. The summed E-state index contributed by atoms with van der Waals surface area (Å²) in [5, 5.41) is 0. The summed E-state index contributed by atoms with van der Waals surface area (Å²) in [4.78, 5) is 2.24. The molecule has 0 N–H and O–H groups in total. The molecule has 0 bridgehead atoms. The molecule has 0 saturated heterocycles. The van der Waals surface area contributed by atoms with Crippen molar-refractivity contribution in [3.05, 3.63) is 109 Å². The van der Waals surface area contributed by atoms with Crippen LogP contribution in [0.3, 0.4) is 0 Å². The van der Waals surface area contributed by atoms with Crippen molar-refractivity contribution >= 4 is 40.2 Å². The number of anilines is 3. The predicted octanol–water partition coefficient (Wildman–Crippen LogP) is 5.99. The van der Waals surface area contributed by atoms with Crippen LogP contribution in [0, 0.1) is 0 Å². The summed E-state index contributed by atoms with van der Waals surface area (Å²) in [6.45, 7) is 0.0632. The number of hydrogen-bond acceptors (Lipinski definition) is 4. The number of ether oxygens (including phenoxy) is 3. The van der Waals surface area contributed by atoms with Gasteiger partial charge in [-0.05, 0) is 59.5 Å². The molecule has 4 nitrogen and oxygen atoms in total. The van der Waals surface area contributed by atoms with E-state index in [0.29, 0.717) is 0 Å². The third kappa shape index (κ3) is 2.63. The highest BCUT2D eigenvalue weighted by atomic mass is 16.5. The summed E-state index contributed by atoms with van der Waals surface area (Å²) in [5.74, 6) is 5.12. The van der Waals surface area contributed by atoms with Gasteiger partial charge in [-0.3, -0.25) is 0 Å².